The van der Waals surface area contributed by atoms with Gasteiger partial charge in [0.1, 0.15) is 0 Å². The maximum atomic E-state index is 12.3. The Balaban J connectivity index is 3.15. The number of carbonyl (C=O) groups is 3. The first kappa shape index (κ1) is 15.2. The van der Waals surface area contributed by atoms with Gasteiger partial charge in [0.05, 0.1) is 6.61 Å². The van der Waals surface area contributed by atoms with Crippen molar-refractivity contribution in [3.63, 3.8) is 0 Å². The molecule has 0 fully saturated rings. The van der Waals surface area contributed by atoms with Crippen LogP contribution in [0.2, 0.25) is 0 Å². The fourth-order valence-corrected chi connectivity index (χ4v) is 1.72. The van der Waals surface area contributed by atoms with Gasteiger partial charge in [0, 0.05) is 11.6 Å². The smallest absolute Gasteiger partial charge is 0.365 e. The van der Waals surface area contributed by atoms with Gasteiger partial charge in [-0.3, -0.25) is 4.79 Å². The molecule has 106 valence electrons. The average molecular weight is 269 g/mol. The molecule has 6 heteroatoms. The van der Waals surface area contributed by atoms with Crippen molar-refractivity contribution < 1.29 is 23.9 Å². The third-order valence-electron chi connectivity index (χ3n) is 2.51. The fraction of sp³-hybridized carbons (Fsp3) is 0.615. The van der Waals surface area contributed by atoms with E-state index in [0.29, 0.717) is 0 Å². The zero-order chi connectivity index (χ0) is 14.8. The Hall–Kier alpha value is -1.85. The molecule has 1 N–H and O–H groups in total. The SMILES string of the molecule is CCOC(=O)C1(C(=O)NC(C)(C)C)OC(=O)C=C1C. The quantitative estimate of drug-likeness (QED) is 0.602. The van der Waals surface area contributed by atoms with Crippen LogP contribution in [0.3, 0.4) is 0 Å². The van der Waals surface area contributed by atoms with Crippen LogP contribution in [0.1, 0.15) is 34.6 Å². The summed E-state index contributed by atoms with van der Waals surface area (Å²) < 4.78 is 9.83. The summed E-state index contributed by atoms with van der Waals surface area (Å²) in [5.74, 6) is -2.30. The highest BCUT2D eigenvalue weighted by atomic mass is 16.6. The molecule has 0 radical (unpaired) electrons. The second-order valence-corrected chi connectivity index (χ2v) is 5.35. The molecule has 0 saturated carbocycles. The molecule has 1 unspecified atom stereocenters. The Bertz CT molecular complexity index is 446. The van der Waals surface area contributed by atoms with Crippen LogP contribution < -0.4 is 5.32 Å². The van der Waals surface area contributed by atoms with Crippen molar-refractivity contribution in [2.24, 2.45) is 0 Å². The van der Waals surface area contributed by atoms with Gasteiger partial charge in [0.15, 0.2) is 0 Å². The van der Waals surface area contributed by atoms with E-state index in [2.05, 4.69) is 5.32 Å². The van der Waals surface area contributed by atoms with Crippen LogP contribution in [0.15, 0.2) is 11.6 Å². The lowest BCUT2D eigenvalue weighted by Gasteiger charge is -2.30. The highest BCUT2D eigenvalue weighted by molar-refractivity contribution is 6.14. The van der Waals surface area contributed by atoms with Gasteiger partial charge in [-0.15, -0.1) is 0 Å². The Morgan fingerprint density at radius 3 is 2.37 bits per heavy atom. The minimum absolute atomic E-state index is 0.0915. The number of amides is 1. The van der Waals surface area contributed by atoms with Crippen LogP contribution in [-0.2, 0) is 23.9 Å². The number of hydrogen-bond acceptors (Lipinski definition) is 5. The summed E-state index contributed by atoms with van der Waals surface area (Å²) in [6, 6.07) is 0. The molecule has 1 atom stereocenters. The largest absolute Gasteiger partial charge is 0.462 e. The topological polar surface area (TPSA) is 81.7 Å². The molecular weight excluding hydrogens is 250 g/mol. The summed E-state index contributed by atoms with van der Waals surface area (Å²) in [6.45, 7) is 8.49. The summed E-state index contributed by atoms with van der Waals surface area (Å²) in [6.07, 6.45) is 1.12. The number of ether oxygens (including phenoxy) is 2. The summed E-state index contributed by atoms with van der Waals surface area (Å²) >= 11 is 0. The van der Waals surface area contributed by atoms with Crippen molar-refractivity contribution in [2.45, 2.75) is 45.8 Å². The van der Waals surface area contributed by atoms with Crippen LogP contribution in [0.5, 0.6) is 0 Å². The van der Waals surface area contributed by atoms with Crippen LogP contribution in [0.4, 0.5) is 0 Å². The first-order valence-electron chi connectivity index (χ1n) is 6.05. The van der Waals surface area contributed by atoms with E-state index in [4.69, 9.17) is 9.47 Å². The lowest BCUT2D eigenvalue weighted by Crippen LogP contribution is -2.58. The molecule has 0 aliphatic carbocycles. The van der Waals surface area contributed by atoms with Crippen LogP contribution in [0.25, 0.3) is 0 Å². The molecule has 19 heavy (non-hydrogen) atoms. The van der Waals surface area contributed by atoms with Gasteiger partial charge >= 0.3 is 17.5 Å². The van der Waals surface area contributed by atoms with Crippen LogP contribution in [0, 0.1) is 0 Å². The average Bonchev–Trinajstić information content (AvgIpc) is 2.52. The Labute approximate surface area is 112 Å². The monoisotopic (exact) mass is 269 g/mol. The predicted molar refractivity (Wildman–Crippen MR) is 67.1 cm³/mol. The first-order chi connectivity index (χ1) is 8.63. The van der Waals surface area contributed by atoms with Crippen molar-refractivity contribution >= 4 is 17.8 Å². The fourth-order valence-electron chi connectivity index (χ4n) is 1.72. The number of esters is 2. The number of rotatable bonds is 3. The maximum Gasteiger partial charge on any atom is 0.365 e. The number of hydrogen-bond donors (Lipinski definition) is 1. The Kier molecular flexibility index (Phi) is 4.03. The van der Waals surface area contributed by atoms with E-state index in [1.807, 2.05) is 0 Å². The van der Waals surface area contributed by atoms with E-state index >= 15 is 0 Å². The normalized spacial score (nSPS) is 22.6. The van der Waals surface area contributed by atoms with Gasteiger partial charge in [0.2, 0.25) is 0 Å². The Morgan fingerprint density at radius 2 is 2.00 bits per heavy atom. The van der Waals surface area contributed by atoms with Crippen LogP contribution in [-0.4, -0.2) is 35.6 Å². The maximum absolute atomic E-state index is 12.3. The lowest BCUT2D eigenvalue weighted by molar-refractivity contribution is -0.177. The molecule has 6 nitrogen and oxygen atoms in total. The lowest BCUT2D eigenvalue weighted by atomic mass is 9.93. The molecule has 0 spiro atoms. The number of cyclic esters (lactones) is 1. The van der Waals surface area contributed by atoms with Crippen molar-refractivity contribution in [1.82, 2.24) is 5.32 Å². The summed E-state index contributed by atoms with van der Waals surface area (Å²) in [7, 11) is 0. The second kappa shape index (κ2) is 5.03. The molecule has 0 aromatic heterocycles. The molecule has 0 aromatic rings. The number of carbonyl (C=O) groups excluding carboxylic acids is 3. The zero-order valence-electron chi connectivity index (χ0n) is 11.8. The molecule has 1 aliphatic heterocycles. The van der Waals surface area contributed by atoms with Crippen molar-refractivity contribution in [1.29, 1.82) is 0 Å². The standard InChI is InChI=1S/C13H19NO5/c1-6-18-11(17)13(8(2)7-9(15)19-13)10(16)14-12(3,4)5/h7H,6H2,1-5H3,(H,14,16). The minimum Gasteiger partial charge on any atom is -0.462 e. The second-order valence-electron chi connectivity index (χ2n) is 5.35. The van der Waals surface area contributed by atoms with Gasteiger partial charge < -0.3 is 14.8 Å². The first-order valence-corrected chi connectivity index (χ1v) is 6.05. The van der Waals surface area contributed by atoms with E-state index in [-0.39, 0.29) is 12.2 Å². The van der Waals surface area contributed by atoms with Crippen molar-refractivity contribution in [2.75, 3.05) is 6.61 Å². The van der Waals surface area contributed by atoms with Crippen LogP contribution >= 0.6 is 0 Å². The summed E-state index contributed by atoms with van der Waals surface area (Å²) in [5.41, 5.74) is -2.34. The van der Waals surface area contributed by atoms with Gasteiger partial charge in [-0.1, -0.05) is 0 Å². The van der Waals surface area contributed by atoms with Gasteiger partial charge in [-0.25, -0.2) is 9.59 Å². The molecule has 0 bridgehead atoms. The molecule has 1 amide bonds. The predicted octanol–water partition coefficient (Wildman–Crippen LogP) is 0.706. The molecule has 1 heterocycles. The van der Waals surface area contributed by atoms with Gasteiger partial charge in [-0.2, -0.15) is 0 Å². The van der Waals surface area contributed by atoms with E-state index in [0.717, 1.165) is 6.08 Å². The minimum atomic E-state index is -2.00. The highest BCUT2D eigenvalue weighted by Crippen LogP contribution is 2.30. The third kappa shape index (κ3) is 2.94. The molecule has 0 aromatic carbocycles. The van der Waals surface area contributed by atoms with E-state index in [9.17, 15) is 14.4 Å². The van der Waals surface area contributed by atoms with Crippen molar-refractivity contribution in [3.8, 4) is 0 Å². The van der Waals surface area contributed by atoms with Gasteiger partial charge in [0.25, 0.3) is 5.91 Å². The van der Waals surface area contributed by atoms with Gasteiger partial charge in [-0.05, 0) is 40.2 Å². The van der Waals surface area contributed by atoms with E-state index in [1.54, 1.807) is 27.7 Å². The van der Waals surface area contributed by atoms with E-state index < -0.39 is 29.0 Å². The number of nitrogens with one attached hydrogen (secondary N) is 1. The third-order valence-corrected chi connectivity index (χ3v) is 2.51. The summed E-state index contributed by atoms with van der Waals surface area (Å²) in [5, 5.41) is 2.63. The van der Waals surface area contributed by atoms with Crippen molar-refractivity contribution in [3.05, 3.63) is 11.6 Å². The zero-order valence-corrected chi connectivity index (χ0v) is 11.8. The molecule has 1 rings (SSSR count). The van der Waals surface area contributed by atoms with E-state index in [1.165, 1.54) is 6.92 Å². The molecular formula is C13H19NO5. The highest BCUT2D eigenvalue weighted by Gasteiger charge is 2.56. The molecule has 1 aliphatic rings. The molecule has 0 saturated heterocycles. The summed E-state index contributed by atoms with van der Waals surface area (Å²) in [4.78, 5) is 35.7. The Morgan fingerprint density at radius 1 is 1.42 bits per heavy atom.